The first-order valence-corrected chi connectivity index (χ1v) is 8.14. The molecule has 0 saturated carbocycles. The minimum atomic E-state index is -1.32. The summed E-state index contributed by atoms with van der Waals surface area (Å²) in [5.74, 6) is -1.50. The zero-order valence-electron chi connectivity index (χ0n) is 14.7. The normalized spacial score (nSPS) is 11.5. The van der Waals surface area contributed by atoms with Gasteiger partial charge in [-0.1, -0.05) is 6.07 Å². The number of carboxylic acids is 1. The van der Waals surface area contributed by atoms with Crippen LogP contribution in [0.2, 0.25) is 0 Å². The Hall–Kier alpha value is -3.13. The number of nitrogens with one attached hydrogen (secondary N) is 1. The molecule has 0 radical (unpaired) electrons. The highest BCUT2D eigenvalue weighted by Gasteiger charge is 2.21. The maximum atomic E-state index is 12.9. The van der Waals surface area contributed by atoms with Crippen LogP contribution in [-0.2, 0) is 9.53 Å². The molecular formula is C19H20FNO6. The smallest absolute Gasteiger partial charge is 0.346 e. The minimum Gasteiger partial charge on any atom is -0.491 e. The Morgan fingerprint density at radius 2 is 1.85 bits per heavy atom. The van der Waals surface area contributed by atoms with E-state index in [4.69, 9.17) is 14.2 Å². The van der Waals surface area contributed by atoms with Crippen LogP contribution in [0.4, 0.5) is 4.39 Å². The van der Waals surface area contributed by atoms with E-state index in [1.807, 2.05) is 0 Å². The van der Waals surface area contributed by atoms with Crippen molar-refractivity contribution in [1.82, 2.24) is 5.32 Å². The quantitative estimate of drug-likeness (QED) is 0.616. The fourth-order valence-electron chi connectivity index (χ4n) is 2.11. The molecule has 2 N–H and O–H groups in total. The Bertz CT molecular complexity index is 765. The van der Waals surface area contributed by atoms with Gasteiger partial charge in [0.05, 0.1) is 13.2 Å². The van der Waals surface area contributed by atoms with Gasteiger partial charge >= 0.3 is 5.97 Å². The second kappa shape index (κ2) is 10.1. The molecule has 1 amide bonds. The lowest BCUT2D eigenvalue weighted by molar-refractivity contribution is -0.144. The van der Waals surface area contributed by atoms with E-state index in [0.29, 0.717) is 24.5 Å². The fraction of sp³-hybridized carbons (Fsp3) is 0.263. The van der Waals surface area contributed by atoms with Crippen LogP contribution in [-0.4, -0.2) is 50.0 Å². The number of ether oxygens (including phenoxy) is 3. The van der Waals surface area contributed by atoms with Gasteiger partial charge in [-0.05, 0) is 42.5 Å². The Morgan fingerprint density at radius 3 is 2.52 bits per heavy atom. The van der Waals surface area contributed by atoms with Gasteiger partial charge in [-0.2, -0.15) is 0 Å². The van der Waals surface area contributed by atoms with Gasteiger partial charge in [-0.3, -0.25) is 4.79 Å². The van der Waals surface area contributed by atoms with Crippen molar-refractivity contribution in [2.24, 2.45) is 0 Å². The number of carboxylic acid groups (broad SMARTS) is 1. The number of hydrogen-bond donors (Lipinski definition) is 2. The molecule has 7 nitrogen and oxygen atoms in total. The Balaban J connectivity index is 1.94. The van der Waals surface area contributed by atoms with Crippen molar-refractivity contribution in [1.29, 1.82) is 0 Å². The van der Waals surface area contributed by atoms with E-state index in [1.165, 1.54) is 12.1 Å². The van der Waals surface area contributed by atoms with Crippen molar-refractivity contribution in [2.75, 3.05) is 26.9 Å². The van der Waals surface area contributed by atoms with Crippen LogP contribution in [0.5, 0.6) is 11.5 Å². The summed E-state index contributed by atoms with van der Waals surface area (Å²) in [4.78, 5) is 23.6. The highest BCUT2D eigenvalue weighted by atomic mass is 19.1. The van der Waals surface area contributed by atoms with Crippen LogP contribution in [0.25, 0.3) is 0 Å². The molecular weight excluding hydrogens is 357 g/mol. The van der Waals surface area contributed by atoms with Crippen LogP contribution in [0.1, 0.15) is 10.4 Å². The number of rotatable bonds is 10. The van der Waals surface area contributed by atoms with Gasteiger partial charge in [0.25, 0.3) is 5.91 Å². The second-order valence-corrected chi connectivity index (χ2v) is 5.48. The van der Waals surface area contributed by atoms with Gasteiger partial charge in [0.15, 0.2) is 0 Å². The molecule has 1 atom stereocenters. The number of benzene rings is 2. The summed E-state index contributed by atoms with van der Waals surface area (Å²) in [6, 6.07) is 11.4. The topological polar surface area (TPSA) is 94.1 Å². The van der Waals surface area contributed by atoms with Gasteiger partial charge in [0.2, 0.25) is 6.10 Å². The summed E-state index contributed by atoms with van der Waals surface area (Å²) in [7, 11) is 1.56. The summed E-state index contributed by atoms with van der Waals surface area (Å²) < 4.78 is 28.5. The molecule has 2 aromatic carbocycles. The zero-order chi connectivity index (χ0) is 19.6. The van der Waals surface area contributed by atoms with Crippen molar-refractivity contribution in [3.05, 3.63) is 59.9 Å². The first kappa shape index (κ1) is 20.2. The first-order chi connectivity index (χ1) is 13.0. The van der Waals surface area contributed by atoms with E-state index in [-0.39, 0.29) is 12.3 Å². The van der Waals surface area contributed by atoms with Gasteiger partial charge in [-0.25, -0.2) is 9.18 Å². The van der Waals surface area contributed by atoms with E-state index in [2.05, 4.69) is 5.32 Å². The van der Waals surface area contributed by atoms with E-state index in [0.717, 1.165) is 12.1 Å². The second-order valence-electron chi connectivity index (χ2n) is 5.48. The number of carbonyl (C=O) groups excluding carboxylic acids is 1. The Morgan fingerprint density at radius 1 is 1.11 bits per heavy atom. The third-order valence-electron chi connectivity index (χ3n) is 3.47. The Labute approximate surface area is 155 Å². The molecule has 0 saturated heterocycles. The summed E-state index contributed by atoms with van der Waals surface area (Å²) in [5.41, 5.74) is 0.316. The van der Waals surface area contributed by atoms with Crippen LogP contribution >= 0.6 is 0 Å². The molecule has 0 spiro atoms. The molecule has 0 heterocycles. The molecule has 0 aliphatic heterocycles. The van der Waals surface area contributed by atoms with Crippen LogP contribution in [0, 0.1) is 5.82 Å². The third kappa shape index (κ3) is 6.59. The maximum absolute atomic E-state index is 12.9. The predicted molar refractivity (Wildman–Crippen MR) is 94.6 cm³/mol. The number of aliphatic carboxylic acids is 1. The molecule has 2 rings (SSSR count). The fourth-order valence-corrected chi connectivity index (χ4v) is 2.11. The van der Waals surface area contributed by atoms with Gasteiger partial charge in [0, 0.05) is 12.7 Å². The lowest BCUT2D eigenvalue weighted by Gasteiger charge is -2.16. The van der Waals surface area contributed by atoms with E-state index in [9.17, 15) is 19.1 Å². The number of carbonyl (C=O) groups is 2. The molecule has 2 aromatic rings. The summed E-state index contributed by atoms with van der Waals surface area (Å²) >= 11 is 0. The minimum absolute atomic E-state index is 0.187. The molecule has 144 valence electrons. The highest BCUT2D eigenvalue weighted by Crippen LogP contribution is 2.15. The monoisotopic (exact) mass is 377 g/mol. The highest BCUT2D eigenvalue weighted by molar-refractivity contribution is 5.94. The molecule has 0 aromatic heterocycles. The number of halogens is 1. The summed E-state index contributed by atoms with van der Waals surface area (Å²) in [5, 5.41) is 11.8. The number of hydrogen-bond acceptors (Lipinski definition) is 5. The molecule has 27 heavy (non-hydrogen) atoms. The maximum Gasteiger partial charge on any atom is 0.346 e. The summed E-state index contributed by atoms with van der Waals surface area (Å²) in [6.45, 7) is 0.492. The summed E-state index contributed by atoms with van der Waals surface area (Å²) in [6.07, 6.45) is -1.32. The molecule has 8 heteroatoms. The lowest BCUT2D eigenvalue weighted by Crippen LogP contribution is -2.40. The van der Waals surface area contributed by atoms with Crippen molar-refractivity contribution < 1.29 is 33.3 Å². The van der Waals surface area contributed by atoms with E-state index in [1.54, 1.807) is 31.4 Å². The van der Waals surface area contributed by atoms with Crippen molar-refractivity contribution in [3.8, 4) is 11.5 Å². The molecule has 0 fully saturated rings. The molecule has 0 aliphatic carbocycles. The van der Waals surface area contributed by atoms with Crippen LogP contribution in [0.3, 0.4) is 0 Å². The van der Waals surface area contributed by atoms with E-state index < -0.39 is 23.8 Å². The van der Waals surface area contributed by atoms with Crippen molar-refractivity contribution in [3.63, 3.8) is 0 Å². The SMILES string of the molecule is COCCOc1cccc(C(=O)NCC(Oc2ccc(F)cc2)C(=O)O)c1. The van der Waals surface area contributed by atoms with Crippen LogP contribution in [0.15, 0.2) is 48.5 Å². The average molecular weight is 377 g/mol. The first-order valence-electron chi connectivity index (χ1n) is 8.14. The molecule has 0 bridgehead atoms. The van der Waals surface area contributed by atoms with Crippen molar-refractivity contribution >= 4 is 11.9 Å². The lowest BCUT2D eigenvalue weighted by atomic mass is 10.2. The van der Waals surface area contributed by atoms with Gasteiger partial charge in [0.1, 0.15) is 23.9 Å². The molecule has 1 unspecified atom stereocenters. The largest absolute Gasteiger partial charge is 0.491 e. The predicted octanol–water partition coefficient (Wildman–Crippen LogP) is 2.11. The van der Waals surface area contributed by atoms with E-state index >= 15 is 0 Å². The van der Waals surface area contributed by atoms with Crippen molar-refractivity contribution in [2.45, 2.75) is 6.10 Å². The molecule has 0 aliphatic rings. The average Bonchev–Trinajstić information content (AvgIpc) is 2.66. The Kier molecular flexibility index (Phi) is 7.57. The van der Waals surface area contributed by atoms with Crippen LogP contribution < -0.4 is 14.8 Å². The van der Waals surface area contributed by atoms with Gasteiger partial charge < -0.3 is 24.6 Å². The third-order valence-corrected chi connectivity index (χ3v) is 3.47. The standard InChI is InChI=1S/C19H20FNO6/c1-25-9-10-26-16-4-2-3-13(11-16)18(22)21-12-17(19(23)24)27-15-7-5-14(20)6-8-15/h2-8,11,17H,9-10,12H2,1H3,(H,21,22)(H,23,24). The number of methoxy groups -OCH3 is 1. The zero-order valence-corrected chi connectivity index (χ0v) is 14.7. The number of amides is 1. The van der Waals surface area contributed by atoms with Gasteiger partial charge in [-0.15, -0.1) is 0 Å².